The molecule has 0 fully saturated rings. The molecule has 0 unspecified atom stereocenters. The Bertz CT molecular complexity index is 1290. The van der Waals surface area contributed by atoms with Gasteiger partial charge in [0.25, 0.3) is 0 Å². The van der Waals surface area contributed by atoms with E-state index in [1.807, 2.05) is 45.9 Å². The Morgan fingerprint density at radius 3 is 2.28 bits per heavy atom. The van der Waals surface area contributed by atoms with Gasteiger partial charge in [-0.3, -0.25) is 9.36 Å². The molecule has 3 aromatic rings. The minimum Gasteiger partial charge on any atom is -0.493 e. The van der Waals surface area contributed by atoms with Crippen molar-refractivity contribution in [2.45, 2.75) is 50.7 Å². The second-order valence-electron chi connectivity index (χ2n) is 9.87. The molecule has 11 heteroatoms. The molecule has 0 aliphatic heterocycles. The van der Waals surface area contributed by atoms with Crippen molar-refractivity contribution >= 4 is 23.6 Å². The van der Waals surface area contributed by atoms with Crippen LogP contribution in [0.4, 0.5) is 4.39 Å². The molecule has 1 atom stereocenters. The molecule has 0 spiro atoms. The van der Waals surface area contributed by atoms with Crippen molar-refractivity contribution in [2.24, 2.45) is 5.92 Å². The molecule has 0 radical (unpaired) electrons. The van der Waals surface area contributed by atoms with E-state index in [9.17, 15) is 14.0 Å². The smallest absolute Gasteiger partial charge is 0.328 e. The number of nitrogens with zero attached hydrogens (tertiary/aromatic N) is 3. The number of hydrogen-bond donors (Lipinski definition) is 1. The number of amides is 1. The van der Waals surface area contributed by atoms with E-state index in [1.54, 1.807) is 30.9 Å². The third-order valence-electron chi connectivity index (χ3n) is 6.24. The van der Waals surface area contributed by atoms with Gasteiger partial charge in [-0.05, 0) is 68.1 Å². The average Bonchev–Trinajstić information content (AvgIpc) is 3.35. The van der Waals surface area contributed by atoms with Crippen molar-refractivity contribution in [1.82, 2.24) is 20.1 Å². The topological polar surface area (TPSA) is 105 Å². The summed E-state index contributed by atoms with van der Waals surface area (Å²) >= 11 is 1.17. The largest absolute Gasteiger partial charge is 0.493 e. The predicted octanol–water partition coefficient (Wildman–Crippen LogP) is 4.55. The zero-order valence-electron chi connectivity index (χ0n) is 23.3. The second kappa shape index (κ2) is 13.0. The first-order valence-electron chi connectivity index (χ1n) is 12.5. The molecule has 9 nitrogen and oxygen atoms in total. The highest BCUT2D eigenvalue weighted by atomic mass is 32.2. The Labute approximate surface area is 232 Å². The van der Waals surface area contributed by atoms with Crippen LogP contribution in [-0.4, -0.2) is 59.8 Å². The number of nitrogens with one attached hydrogen (secondary N) is 1. The fraction of sp³-hybridized carbons (Fsp3) is 0.429. The standard InChI is InChI=1S/C28H35FN4O5S/c1-17(2)14-21(25(35)38-7)30-24(34)16-39-27-32-31-26(33(27)20-11-9-19(29)10-12-20)28(3,4)18-8-13-22(36-5)23(15-18)37-6/h8-13,15,17,21H,14,16H2,1-7H3,(H,30,34)/t21-/m0/s1. The summed E-state index contributed by atoms with van der Waals surface area (Å²) in [5.74, 6) is 0.718. The maximum absolute atomic E-state index is 13.8. The van der Waals surface area contributed by atoms with Gasteiger partial charge in [0.1, 0.15) is 17.7 Å². The highest BCUT2D eigenvalue weighted by molar-refractivity contribution is 7.99. The average molecular weight is 559 g/mol. The molecule has 1 heterocycles. The maximum atomic E-state index is 13.8. The van der Waals surface area contributed by atoms with Crippen molar-refractivity contribution in [2.75, 3.05) is 27.1 Å². The monoisotopic (exact) mass is 558 g/mol. The van der Waals surface area contributed by atoms with Crippen molar-refractivity contribution in [3.05, 3.63) is 59.7 Å². The zero-order valence-corrected chi connectivity index (χ0v) is 24.1. The van der Waals surface area contributed by atoms with Crippen LogP contribution in [0.2, 0.25) is 0 Å². The van der Waals surface area contributed by atoms with Gasteiger partial charge in [-0.25, -0.2) is 9.18 Å². The summed E-state index contributed by atoms with van der Waals surface area (Å²) < 4.78 is 31.3. The minimum absolute atomic E-state index is 0.0122. The van der Waals surface area contributed by atoms with E-state index in [-0.39, 0.29) is 23.4 Å². The third kappa shape index (κ3) is 7.08. The number of halogens is 1. The summed E-state index contributed by atoms with van der Waals surface area (Å²) in [5, 5.41) is 12.1. The van der Waals surface area contributed by atoms with Gasteiger partial charge in [0.05, 0.1) is 32.5 Å². The number of thioether (sulfide) groups is 1. The van der Waals surface area contributed by atoms with E-state index in [1.165, 1.54) is 31.0 Å². The SMILES string of the molecule is COC(=O)[C@H](CC(C)C)NC(=O)CSc1nnc(C(C)(C)c2ccc(OC)c(OC)c2)n1-c1ccc(F)cc1. The first kappa shape index (κ1) is 29.9. The van der Waals surface area contributed by atoms with E-state index in [0.717, 1.165) is 5.56 Å². The second-order valence-corrected chi connectivity index (χ2v) is 10.8. The van der Waals surface area contributed by atoms with Gasteiger partial charge < -0.3 is 19.5 Å². The van der Waals surface area contributed by atoms with E-state index >= 15 is 0 Å². The molecule has 39 heavy (non-hydrogen) atoms. The molecule has 210 valence electrons. The highest BCUT2D eigenvalue weighted by Crippen LogP contribution is 2.38. The number of rotatable bonds is 12. The Hall–Kier alpha value is -3.60. The molecule has 2 aromatic carbocycles. The summed E-state index contributed by atoms with van der Waals surface area (Å²) in [5.41, 5.74) is 0.856. The Kier molecular flexibility index (Phi) is 9.96. The van der Waals surface area contributed by atoms with Gasteiger partial charge in [0.15, 0.2) is 16.7 Å². The quantitative estimate of drug-likeness (QED) is 0.255. The molecule has 3 rings (SSSR count). The predicted molar refractivity (Wildman–Crippen MR) is 147 cm³/mol. The van der Waals surface area contributed by atoms with Gasteiger partial charge in [0.2, 0.25) is 5.91 Å². The van der Waals surface area contributed by atoms with Gasteiger partial charge in [-0.15, -0.1) is 10.2 Å². The van der Waals surface area contributed by atoms with Crippen LogP contribution in [0.5, 0.6) is 11.5 Å². The van der Waals surface area contributed by atoms with Crippen LogP contribution in [0, 0.1) is 11.7 Å². The number of ether oxygens (including phenoxy) is 3. The van der Waals surface area contributed by atoms with Crippen LogP contribution in [0.15, 0.2) is 47.6 Å². The number of benzene rings is 2. The molecule has 1 N–H and O–H groups in total. The van der Waals surface area contributed by atoms with E-state index in [0.29, 0.717) is 34.6 Å². The van der Waals surface area contributed by atoms with Crippen LogP contribution in [0.1, 0.15) is 45.5 Å². The first-order chi connectivity index (χ1) is 18.5. The zero-order chi connectivity index (χ0) is 28.7. The Morgan fingerprint density at radius 1 is 1.03 bits per heavy atom. The third-order valence-corrected chi connectivity index (χ3v) is 7.17. The van der Waals surface area contributed by atoms with Crippen molar-refractivity contribution < 1.29 is 28.2 Å². The van der Waals surface area contributed by atoms with Crippen molar-refractivity contribution in [3.63, 3.8) is 0 Å². The summed E-state index contributed by atoms with van der Waals surface area (Å²) in [6.45, 7) is 7.91. The molecule has 1 amide bonds. The van der Waals surface area contributed by atoms with Gasteiger partial charge in [-0.2, -0.15) is 0 Å². The van der Waals surface area contributed by atoms with Crippen LogP contribution < -0.4 is 14.8 Å². The molecule has 0 saturated carbocycles. The minimum atomic E-state index is -0.738. The molecular formula is C28H35FN4O5S. The normalized spacial score (nSPS) is 12.2. The molecule has 0 aliphatic carbocycles. The lowest BCUT2D eigenvalue weighted by atomic mass is 9.83. The van der Waals surface area contributed by atoms with Gasteiger partial charge >= 0.3 is 5.97 Å². The molecular weight excluding hydrogens is 523 g/mol. The lowest BCUT2D eigenvalue weighted by Gasteiger charge is -2.26. The van der Waals surface area contributed by atoms with Crippen LogP contribution in [-0.2, 0) is 19.7 Å². The number of carbonyl (C=O) groups excluding carboxylic acids is 2. The van der Waals surface area contributed by atoms with Gasteiger partial charge in [0, 0.05) is 5.69 Å². The summed E-state index contributed by atoms with van der Waals surface area (Å²) in [6, 6.07) is 10.9. The fourth-order valence-corrected chi connectivity index (χ4v) is 4.90. The fourth-order valence-electron chi connectivity index (χ4n) is 4.14. The first-order valence-corrected chi connectivity index (χ1v) is 13.4. The van der Waals surface area contributed by atoms with E-state index in [4.69, 9.17) is 14.2 Å². The lowest BCUT2D eigenvalue weighted by molar-refractivity contribution is -0.145. The summed E-state index contributed by atoms with van der Waals surface area (Å²) in [7, 11) is 4.44. The molecule has 1 aromatic heterocycles. The Balaban J connectivity index is 1.96. The van der Waals surface area contributed by atoms with E-state index in [2.05, 4.69) is 15.5 Å². The number of carbonyl (C=O) groups is 2. The van der Waals surface area contributed by atoms with Crippen LogP contribution in [0.3, 0.4) is 0 Å². The van der Waals surface area contributed by atoms with Crippen molar-refractivity contribution in [3.8, 4) is 17.2 Å². The number of methoxy groups -OCH3 is 3. The number of aromatic nitrogens is 3. The summed E-state index contributed by atoms with van der Waals surface area (Å²) in [4.78, 5) is 24.9. The lowest BCUT2D eigenvalue weighted by Crippen LogP contribution is -2.43. The number of hydrogen-bond acceptors (Lipinski definition) is 8. The van der Waals surface area contributed by atoms with E-state index < -0.39 is 17.4 Å². The Morgan fingerprint density at radius 2 is 1.69 bits per heavy atom. The summed E-state index contributed by atoms with van der Waals surface area (Å²) in [6.07, 6.45) is 0.457. The van der Waals surface area contributed by atoms with Crippen LogP contribution >= 0.6 is 11.8 Å². The van der Waals surface area contributed by atoms with Crippen LogP contribution in [0.25, 0.3) is 5.69 Å². The highest BCUT2D eigenvalue weighted by Gasteiger charge is 2.33. The molecule has 0 bridgehead atoms. The van der Waals surface area contributed by atoms with Crippen molar-refractivity contribution in [1.29, 1.82) is 0 Å². The maximum Gasteiger partial charge on any atom is 0.328 e. The van der Waals surface area contributed by atoms with Gasteiger partial charge in [-0.1, -0.05) is 31.7 Å². The molecule has 0 saturated heterocycles. The molecule has 0 aliphatic rings. The number of esters is 1.